The van der Waals surface area contributed by atoms with Gasteiger partial charge in [0.05, 0.1) is 25.4 Å². The second-order valence-electron chi connectivity index (χ2n) is 8.46. The number of carbonyl (C=O) groups is 1. The third-order valence-corrected chi connectivity index (χ3v) is 6.34. The molecular weight excluding hydrogens is 428 g/mol. The van der Waals surface area contributed by atoms with Crippen molar-refractivity contribution in [1.29, 1.82) is 0 Å². The summed E-state index contributed by atoms with van der Waals surface area (Å²) >= 11 is 0. The first-order chi connectivity index (χ1) is 16.7. The molecular formula is C26H28N6O2. The summed E-state index contributed by atoms with van der Waals surface area (Å²) < 4.78 is 5.31. The van der Waals surface area contributed by atoms with E-state index in [9.17, 15) is 4.79 Å². The van der Waals surface area contributed by atoms with E-state index in [1.54, 1.807) is 24.5 Å². The maximum Gasteiger partial charge on any atom is 0.257 e. The summed E-state index contributed by atoms with van der Waals surface area (Å²) in [4.78, 5) is 26.5. The predicted octanol–water partition coefficient (Wildman–Crippen LogP) is 2.99. The number of ether oxygens (including phenoxy) is 1. The monoisotopic (exact) mass is 456 g/mol. The number of amides is 1. The van der Waals surface area contributed by atoms with E-state index in [1.807, 2.05) is 60.7 Å². The fraction of sp³-hybridized carbons (Fsp3) is 0.308. The Kier molecular flexibility index (Phi) is 6.49. The molecule has 0 bridgehead atoms. The highest BCUT2D eigenvalue weighted by molar-refractivity contribution is 6.03. The number of rotatable bonds is 6. The van der Waals surface area contributed by atoms with Crippen LogP contribution in [-0.2, 0) is 4.79 Å². The van der Waals surface area contributed by atoms with Crippen LogP contribution in [0.4, 0.5) is 5.95 Å². The molecule has 1 fully saturated rings. The lowest BCUT2D eigenvalue weighted by atomic mass is 9.98. The van der Waals surface area contributed by atoms with Crippen LogP contribution >= 0.6 is 0 Å². The molecule has 2 aliphatic rings. The van der Waals surface area contributed by atoms with Crippen LogP contribution in [0.1, 0.15) is 23.6 Å². The molecule has 8 heteroatoms. The Bertz CT molecular complexity index is 1130. The molecule has 3 aromatic rings. The SMILES string of the molecule is COc1ccc([C@@H]2CC(c3ccccc3)=NN2C(=O)CN2CCN(c3ncccn3)CC2)cc1. The lowest BCUT2D eigenvalue weighted by molar-refractivity contribution is -0.134. The smallest absolute Gasteiger partial charge is 0.257 e. The van der Waals surface area contributed by atoms with Gasteiger partial charge in [-0.1, -0.05) is 42.5 Å². The van der Waals surface area contributed by atoms with Gasteiger partial charge in [0.2, 0.25) is 5.95 Å². The third kappa shape index (κ3) is 4.77. The molecule has 2 aliphatic heterocycles. The molecule has 3 heterocycles. The fourth-order valence-electron chi connectivity index (χ4n) is 4.46. The van der Waals surface area contributed by atoms with Crippen molar-refractivity contribution in [2.45, 2.75) is 12.5 Å². The number of methoxy groups -OCH3 is 1. The van der Waals surface area contributed by atoms with Gasteiger partial charge in [0.15, 0.2) is 0 Å². The highest BCUT2D eigenvalue weighted by atomic mass is 16.5. The first-order valence-electron chi connectivity index (χ1n) is 11.5. The minimum atomic E-state index is -0.132. The van der Waals surface area contributed by atoms with E-state index in [1.165, 1.54) is 0 Å². The van der Waals surface area contributed by atoms with E-state index >= 15 is 0 Å². The van der Waals surface area contributed by atoms with E-state index in [0.717, 1.165) is 54.7 Å². The third-order valence-electron chi connectivity index (χ3n) is 6.34. The summed E-state index contributed by atoms with van der Waals surface area (Å²) in [5, 5.41) is 6.48. The topological polar surface area (TPSA) is 74.2 Å². The highest BCUT2D eigenvalue weighted by Gasteiger charge is 2.34. The van der Waals surface area contributed by atoms with E-state index in [0.29, 0.717) is 13.0 Å². The van der Waals surface area contributed by atoms with Crippen LogP contribution in [0.3, 0.4) is 0 Å². The van der Waals surface area contributed by atoms with Gasteiger partial charge < -0.3 is 9.64 Å². The molecule has 0 aliphatic carbocycles. The first kappa shape index (κ1) is 22.0. The summed E-state index contributed by atoms with van der Waals surface area (Å²) in [5.41, 5.74) is 3.03. The Labute approximate surface area is 199 Å². The van der Waals surface area contributed by atoms with Crippen molar-refractivity contribution in [3.05, 3.63) is 84.2 Å². The van der Waals surface area contributed by atoms with Crippen LogP contribution in [0.25, 0.3) is 0 Å². The summed E-state index contributed by atoms with van der Waals surface area (Å²) in [5.74, 6) is 1.55. The quantitative estimate of drug-likeness (QED) is 0.568. The number of hydrogen-bond acceptors (Lipinski definition) is 7. The molecule has 0 unspecified atom stereocenters. The molecule has 1 aromatic heterocycles. The maximum absolute atomic E-state index is 13.5. The second-order valence-corrected chi connectivity index (χ2v) is 8.46. The first-order valence-corrected chi connectivity index (χ1v) is 11.5. The van der Waals surface area contributed by atoms with Gasteiger partial charge in [0.25, 0.3) is 5.91 Å². The van der Waals surface area contributed by atoms with E-state index in [-0.39, 0.29) is 11.9 Å². The molecule has 174 valence electrons. The number of aromatic nitrogens is 2. The van der Waals surface area contributed by atoms with Crippen molar-refractivity contribution >= 4 is 17.6 Å². The number of anilines is 1. The summed E-state index contributed by atoms with van der Waals surface area (Å²) in [6.07, 6.45) is 4.20. The Hall–Kier alpha value is -3.78. The molecule has 1 saturated heterocycles. The zero-order valence-corrected chi connectivity index (χ0v) is 19.2. The number of hydrazone groups is 1. The standard InChI is InChI=1S/C26H28N6O2/c1-34-22-10-8-21(9-11-22)24-18-23(20-6-3-2-4-7-20)29-32(24)25(33)19-30-14-16-31(17-15-30)26-27-12-5-13-28-26/h2-13,24H,14-19H2,1H3/t24-/m0/s1. The summed E-state index contributed by atoms with van der Waals surface area (Å²) in [7, 11) is 1.65. The maximum atomic E-state index is 13.5. The van der Waals surface area contributed by atoms with Gasteiger partial charge in [0.1, 0.15) is 5.75 Å². The minimum Gasteiger partial charge on any atom is -0.497 e. The number of piperazine rings is 1. The van der Waals surface area contributed by atoms with Gasteiger partial charge in [-0.25, -0.2) is 15.0 Å². The van der Waals surface area contributed by atoms with Crippen LogP contribution in [0.5, 0.6) is 5.75 Å². The molecule has 1 atom stereocenters. The predicted molar refractivity (Wildman–Crippen MR) is 131 cm³/mol. The Morgan fingerprint density at radius 2 is 1.65 bits per heavy atom. The minimum absolute atomic E-state index is 0.0103. The molecule has 2 aromatic carbocycles. The lowest BCUT2D eigenvalue weighted by Gasteiger charge is -2.35. The van der Waals surface area contributed by atoms with Crippen LogP contribution in [-0.4, -0.2) is 71.3 Å². The fourth-order valence-corrected chi connectivity index (χ4v) is 4.46. The van der Waals surface area contributed by atoms with E-state index < -0.39 is 0 Å². The number of nitrogens with zero attached hydrogens (tertiary/aromatic N) is 6. The molecule has 0 spiro atoms. The normalized spacial score (nSPS) is 18.6. The Balaban J connectivity index is 1.30. The van der Waals surface area contributed by atoms with Crippen molar-refractivity contribution in [3.63, 3.8) is 0 Å². The Morgan fingerprint density at radius 1 is 0.941 bits per heavy atom. The molecule has 34 heavy (non-hydrogen) atoms. The van der Waals surface area contributed by atoms with Gasteiger partial charge >= 0.3 is 0 Å². The van der Waals surface area contributed by atoms with Gasteiger partial charge in [-0.2, -0.15) is 5.10 Å². The zero-order valence-electron chi connectivity index (χ0n) is 19.2. The number of hydrogen-bond donors (Lipinski definition) is 0. The highest BCUT2D eigenvalue weighted by Crippen LogP contribution is 2.33. The van der Waals surface area contributed by atoms with Crippen molar-refractivity contribution in [3.8, 4) is 5.75 Å². The average Bonchev–Trinajstić information content (AvgIpc) is 3.36. The van der Waals surface area contributed by atoms with Crippen molar-refractivity contribution in [1.82, 2.24) is 19.9 Å². The molecule has 0 saturated carbocycles. The van der Waals surface area contributed by atoms with Crippen molar-refractivity contribution < 1.29 is 9.53 Å². The molecule has 8 nitrogen and oxygen atoms in total. The second kappa shape index (κ2) is 10.0. The van der Waals surface area contributed by atoms with Crippen LogP contribution in [0.15, 0.2) is 78.2 Å². The van der Waals surface area contributed by atoms with E-state index in [4.69, 9.17) is 9.84 Å². The van der Waals surface area contributed by atoms with Crippen molar-refractivity contribution in [2.75, 3.05) is 44.7 Å². The zero-order chi connectivity index (χ0) is 23.3. The van der Waals surface area contributed by atoms with E-state index in [2.05, 4.69) is 19.8 Å². The summed E-state index contributed by atoms with van der Waals surface area (Å²) in [6, 6.07) is 19.7. The lowest BCUT2D eigenvalue weighted by Crippen LogP contribution is -2.50. The van der Waals surface area contributed by atoms with Crippen LogP contribution < -0.4 is 9.64 Å². The molecule has 0 N–H and O–H groups in total. The van der Waals surface area contributed by atoms with Gasteiger partial charge in [-0.3, -0.25) is 9.69 Å². The molecule has 1 amide bonds. The van der Waals surface area contributed by atoms with Gasteiger partial charge in [0, 0.05) is 45.0 Å². The average molecular weight is 457 g/mol. The van der Waals surface area contributed by atoms with Gasteiger partial charge in [-0.15, -0.1) is 0 Å². The number of carbonyl (C=O) groups excluding carboxylic acids is 1. The van der Waals surface area contributed by atoms with Gasteiger partial charge in [-0.05, 0) is 29.3 Å². The number of benzene rings is 2. The molecule has 0 radical (unpaired) electrons. The van der Waals surface area contributed by atoms with Crippen molar-refractivity contribution in [2.24, 2.45) is 5.10 Å². The molecule has 5 rings (SSSR count). The van der Waals surface area contributed by atoms with Crippen LogP contribution in [0, 0.1) is 0 Å². The largest absolute Gasteiger partial charge is 0.497 e. The van der Waals surface area contributed by atoms with Crippen LogP contribution in [0.2, 0.25) is 0 Å². The summed E-state index contributed by atoms with van der Waals surface area (Å²) in [6.45, 7) is 3.47. The Morgan fingerprint density at radius 3 is 2.32 bits per heavy atom.